The minimum absolute atomic E-state index is 0.00220. The van der Waals surface area contributed by atoms with Crippen molar-refractivity contribution in [3.63, 3.8) is 0 Å². The molecular formula is C12H16N2O4S. The zero-order valence-corrected chi connectivity index (χ0v) is 11.4. The molecule has 1 aliphatic heterocycles. The van der Waals surface area contributed by atoms with Gasteiger partial charge in [0.1, 0.15) is 11.8 Å². The van der Waals surface area contributed by atoms with Crippen molar-refractivity contribution in [3.8, 4) is 5.75 Å². The number of benzene rings is 1. The highest BCUT2D eigenvalue weighted by Gasteiger charge is 2.37. The average Bonchev–Trinajstić information content (AvgIpc) is 2.39. The predicted molar refractivity (Wildman–Crippen MR) is 69.1 cm³/mol. The molecule has 0 saturated carbocycles. The molecule has 19 heavy (non-hydrogen) atoms. The first-order valence-corrected chi connectivity index (χ1v) is 7.49. The molecule has 2 rings (SSSR count). The molecule has 6 nitrogen and oxygen atoms in total. The lowest BCUT2D eigenvalue weighted by Crippen LogP contribution is -2.56. The van der Waals surface area contributed by atoms with Gasteiger partial charge >= 0.3 is 0 Å². The van der Waals surface area contributed by atoms with Crippen molar-refractivity contribution in [1.29, 1.82) is 0 Å². The first-order valence-electron chi connectivity index (χ1n) is 6.05. The second-order valence-electron chi connectivity index (χ2n) is 4.32. The van der Waals surface area contributed by atoms with Crippen LogP contribution in [0.4, 0.5) is 0 Å². The van der Waals surface area contributed by atoms with Crippen LogP contribution in [-0.2, 0) is 14.8 Å². The number of rotatable bonds is 3. The molecule has 7 heteroatoms. The van der Waals surface area contributed by atoms with Gasteiger partial charge in [0.2, 0.25) is 15.9 Å². The van der Waals surface area contributed by atoms with E-state index in [2.05, 4.69) is 5.32 Å². The fourth-order valence-electron chi connectivity index (χ4n) is 2.12. The van der Waals surface area contributed by atoms with Crippen molar-refractivity contribution in [1.82, 2.24) is 9.62 Å². The molecule has 0 bridgehead atoms. The molecule has 0 spiro atoms. The van der Waals surface area contributed by atoms with Gasteiger partial charge in [-0.3, -0.25) is 4.79 Å². The van der Waals surface area contributed by atoms with Gasteiger partial charge in [-0.25, -0.2) is 8.42 Å². The number of phenolic OH excluding ortho intramolecular Hbond substituents is 1. The number of hydrogen-bond donors (Lipinski definition) is 2. The van der Waals surface area contributed by atoms with Crippen molar-refractivity contribution in [3.05, 3.63) is 24.3 Å². The van der Waals surface area contributed by atoms with Crippen LogP contribution >= 0.6 is 0 Å². The highest BCUT2D eigenvalue weighted by atomic mass is 32.2. The fourth-order valence-corrected chi connectivity index (χ4v) is 3.79. The van der Waals surface area contributed by atoms with E-state index in [0.29, 0.717) is 13.0 Å². The Morgan fingerprint density at radius 1 is 1.37 bits per heavy atom. The largest absolute Gasteiger partial charge is 0.508 e. The lowest BCUT2D eigenvalue weighted by molar-refractivity contribution is -0.126. The summed E-state index contributed by atoms with van der Waals surface area (Å²) in [7, 11) is -3.71. The molecule has 1 aromatic carbocycles. The first kappa shape index (κ1) is 13.8. The van der Waals surface area contributed by atoms with Crippen LogP contribution in [0.15, 0.2) is 29.2 Å². The third-order valence-corrected chi connectivity index (χ3v) is 5.03. The van der Waals surface area contributed by atoms with Crippen molar-refractivity contribution >= 4 is 15.9 Å². The van der Waals surface area contributed by atoms with Crippen LogP contribution in [-0.4, -0.2) is 42.9 Å². The van der Waals surface area contributed by atoms with Gasteiger partial charge in [0.15, 0.2) is 0 Å². The molecular weight excluding hydrogens is 268 g/mol. The van der Waals surface area contributed by atoms with Gasteiger partial charge in [-0.05, 0) is 30.7 Å². The quantitative estimate of drug-likeness (QED) is 0.835. The van der Waals surface area contributed by atoms with Crippen molar-refractivity contribution in [2.75, 3.05) is 13.1 Å². The normalized spacial score (nSPS) is 21.1. The number of nitrogens with one attached hydrogen (secondary N) is 1. The average molecular weight is 284 g/mol. The van der Waals surface area contributed by atoms with Crippen LogP contribution in [0.2, 0.25) is 0 Å². The van der Waals surface area contributed by atoms with Gasteiger partial charge < -0.3 is 10.4 Å². The summed E-state index contributed by atoms with van der Waals surface area (Å²) in [4.78, 5) is 11.8. The van der Waals surface area contributed by atoms with E-state index in [0.717, 1.165) is 0 Å². The topological polar surface area (TPSA) is 86.7 Å². The van der Waals surface area contributed by atoms with E-state index in [9.17, 15) is 18.3 Å². The maximum Gasteiger partial charge on any atom is 0.243 e. The molecule has 1 amide bonds. The van der Waals surface area contributed by atoms with Crippen LogP contribution in [0.3, 0.4) is 0 Å². The highest BCUT2D eigenvalue weighted by Crippen LogP contribution is 2.22. The minimum atomic E-state index is -3.71. The Labute approximate surface area is 112 Å². The fraction of sp³-hybridized carbons (Fsp3) is 0.417. The number of sulfonamides is 1. The lowest BCUT2D eigenvalue weighted by atomic mass is 10.2. The third-order valence-electron chi connectivity index (χ3n) is 3.11. The number of amides is 1. The number of carbonyl (C=O) groups excluding carboxylic acids is 1. The SMILES string of the molecule is CCC1C(=O)NCCN1S(=O)(=O)c1ccc(O)cc1. The molecule has 0 aliphatic carbocycles. The molecule has 1 aromatic rings. The summed E-state index contributed by atoms with van der Waals surface area (Å²) in [5, 5.41) is 11.9. The lowest BCUT2D eigenvalue weighted by Gasteiger charge is -2.33. The maximum absolute atomic E-state index is 12.5. The van der Waals surface area contributed by atoms with Crippen LogP contribution in [0, 0.1) is 0 Å². The number of hydrogen-bond acceptors (Lipinski definition) is 4. The maximum atomic E-state index is 12.5. The molecule has 1 saturated heterocycles. The van der Waals surface area contributed by atoms with Crippen molar-refractivity contribution < 1.29 is 18.3 Å². The first-order chi connectivity index (χ1) is 8.96. The summed E-state index contributed by atoms with van der Waals surface area (Å²) in [6.45, 7) is 2.34. The van der Waals surface area contributed by atoms with Gasteiger partial charge in [0, 0.05) is 13.1 Å². The van der Waals surface area contributed by atoms with E-state index in [1.165, 1.54) is 28.6 Å². The van der Waals surface area contributed by atoms with Gasteiger partial charge in [0.25, 0.3) is 0 Å². The predicted octanol–water partition coefficient (Wildman–Crippen LogP) is 0.291. The number of nitrogens with zero attached hydrogens (tertiary/aromatic N) is 1. The zero-order valence-electron chi connectivity index (χ0n) is 10.5. The Bertz CT molecular complexity index is 568. The van der Waals surface area contributed by atoms with Crippen molar-refractivity contribution in [2.45, 2.75) is 24.3 Å². The van der Waals surface area contributed by atoms with Crippen molar-refractivity contribution in [2.24, 2.45) is 0 Å². The van der Waals surface area contributed by atoms with Gasteiger partial charge in [-0.1, -0.05) is 6.92 Å². The zero-order chi connectivity index (χ0) is 14.0. The number of aromatic hydroxyl groups is 1. The molecule has 1 aliphatic rings. The van der Waals surface area contributed by atoms with Gasteiger partial charge in [-0.15, -0.1) is 0 Å². The van der Waals surface area contributed by atoms with E-state index in [-0.39, 0.29) is 23.1 Å². The molecule has 2 N–H and O–H groups in total. The monoisotopic (exact) mass is 284 g/mol. The van der Waals surface area contributed by atoms with E-state index in [4.69, 9.17) is 0 Å². The molecule has 104 valence electrons. The second kappa shape index (κ2) is 5.18. The van der Waals surface area contributed by atoms with Crippen LogP contribution in [0.25, 0.3) is 0 Å². The number of phenols is 1. The van der Waals surface area contributed by atoms with Crippen LogP contribution in [0.1, 0.15) is 13.3 Å². The van der Waals surface area contributed by atoms with E-state index in [1.807, 2.05) is 0 Å². The molecule has 1 heterocycles. The smallest absolute Gasteiger partial charge is 0.243 e. The van der Waals surface area contributed by atoms with E-state index >= 15 is 0 Å². The second-order valence-corrected chi connectivity index (χ2v) is 6.22. The highest BCUT2D eigenvalue weighted by molar-refractivity contribution is 7.89. The Morgan fingerprint density at radius 3 is 2.58 bits per heavy atom. The van der Waals surface area contributed by atoms with E-state index < -0.39 is 16.1 Å². The number of piperazine rings is 1. The Hall–Kier alpha value is -1.60. The Balaban J connectivity index is 2.37. The Morgan fingerprint density at radius 2 is 2.00 bits per heavy atom. The summed E-state index contributed by atoms with van der Waals surface area (Å²) in [5.74, 6) is -0.265. The van der Waals surface area contributed by atoms with Gasteiger partial charge in [0.05, 0.1) is 4.90 Å². The van der Waals surface area contributed by atoms with Crippen LogP contribution in [0.5, 0.6) is 5.75 Å². The molecule has 1 unspecified atom stereocenters. The Kier molecular flexibility index (Phi) is 3.77. The molecule has 0 aromatic heterocycles. The molecule has 0 radical (unpaired) electrons. The van der Waals surface area contributed by atoms with Gasteiger partial charge in [-0.2, -0.15) is 4.31 Å². The third kappa shape index (κ3) is 2.57. The number of carbonyl (C=O) groups is 1. The summed E-state index contributed by atoms with van der Waals surface area (Å²) in [5.41, 5.74) is 0. The molecule has 1 fully saturated rings. The summed E-state index contributed by atoms with van der Waals surface area (Å²) in [6.07, 6.45) is 0.420. The van der Waals surface area contributed by atoms with Crippen LogP contribution < -0.4 is 5.32 Å². The summed E-state index contributed by atoms with van der Waals surface area (Å²) < 4.78 is 26.2. The minimum Gasteiger partial charge on any atom is -0.508 e. The summed E-state index contributed by atoms with van der Waals surface area (Å²) >= 11 is 0. The molecule has 1 atom stereocenters. The standard InChI is InChI=1S/C12H16N2O4S/c1-2-11-12(16)13-7-8-14(11)19(17,18)10-5-3-9(15)4-6-10/h3-6,11,15H,2,7-8H2,1H3,(H,13,16). The van der Waals surface area contributed by atoms with E-state index in [1.54, 1.807) is 6.92 Å². The summed E-state index contributed by atoms with van der Waals surface area (Å²) in [6, 6.07) is 4.64.